The summed E-state index contributed by atoms with van der Waals surface area (Å²) in [5.41, 5.74) is 0. The summed E-state index contributed by atoms with van der Waals surface area (Å²) in [7, 11) is 0. The van der Waals surface area contributed by atoms with Gasteiger partial charge in [0.2, 0.25) is 5.91 Å². The third kappa shape index (κ3) is 33.0. The Bertz CT molecular complexity index is 1070. The van der Waals surface area contributed by atoms with Gasteiger partial charge >= 0.3 is 0 Å². The van der Waals surface area contributed by atoms with Crippen LogP contribution in [0.2, 0.25) is 0 Å². The zero-order valence-electron chi connectivity index (χ0n) is 40.1. The normalized spacial score (nSPS) is 20.5. The molecule has 1 aliphatic rings. The molecule has 0 saturated carbocycles. The van der Waals surface area contributed by atoms with Gasteiger partial charge in [-0.25, -0.2) is 0 Å². The highest BCUT2D eigenvalue weighted by atomic mass is 16.7. The third-order valence-electron chi connectivity index (χ3n) is 12.5. The Morgan fingerprint density at radius 2 is 0.935 bits per heavy atom. The van der Waals surface area contributed by atoms with Crippen molar-refractivity contribution in [2.45, 2.75) is 281 Å². The molecule has 7 atom stereocenters. The fourth-order valence-electron chi connectivity index (χ4n) is 8.27. The summed E-state index contributed by atoms with van der Waals surface area (Å²) in [6, 6.07) is -0.810. The Labute approximate surface area is 381 Å². The molecule has 0 radical (unpaired) electrons. The van der Waals surface area contributed by atoms with Crippen molar-refractivity contribution in [1.82, 2.24) is 5.32 Å². The molecule has 1 heterocycles. The van der Waals surface area contributed by atoms with E-state index in [1.54, 1.807) is 6.08 Å². The number of hydrogen-bond donors (Lipinski definition) is 6. The molecule has 6 N–H and O–H groups in total. The maximum absolute atomic E-state index is 13.0. The third-order valence-corrected chi connectivity index (χ3v) is 12.5. The maximum Gasteiger partial charge on any atom is 0.220 e. The minimum atomic E-state index is -1.57. The predicted octanol–water partition coefficient (Wildman–Crippen LogP) is 12.0. The lowest BCUT2D eigenvalue weighted by molar-refractivity contribution is -0.302. The summed E-state index contributed by atoms with van der Waals surface area (Å²) >= 11 is 0. The van der Waals surface area contributed by atoms with Gasteiger partial charge in [-0.3, -0.25) is 4.79 Å². The Morgan fingerprint density at radius 3 is 1.39 bits per heavy atom. The van der Waals surface area contributed by atoms with E-state index in [0.717, 1.165) is 57.8 Å². The Balaban J connectivity index is 2.27. The largest absolute Gasteiger partial charge is 0.394 e. The number of allylic oxidation sites excluding steroid dienone is 5. The monoisotopic (exact) mass is 878 g/mol. The lowest BCUT2D eigenvalue weighted by Crippen LogP contribution is -2.60. The van der Waals surface area contributed by atoms with E-state index in [0.29, 0.717) is 6.42 Å². The molecule has 62 heavy (non-hydrogen) atoms. The molecule has 0 spiro atoms. The molecule has 9 heteroatoms. The summed E-state index contributed by atoms with van der Waals surface area (Å²) in [5.74, 6) is -0.188. The van der Waals surface area contributed by atoms with Crippen LogP contribution in [-0.4, -0.2) is 87.5 Å². The first-order valence-electron chi connectivity index (χ1n) is 26.2. The van der Waals surface area contributed by atoms with E-state index in [1.165, 1.54) is 161 Å². The van der Waals surface area contributed by atoms with Crippen molar-refractivity contribution in [1.29, 1.82) is 0 Å². The van der Waals surface area contributed by atoms with Gasteiger partial charge in [-0.2, -0.15) is 0 Å². The van der Waals surface area contributed by atoms with Crippen LogP contribution < -0.4 is 5.32 Å². The topological polar surface area (TPSA) is 149 Å². The van der Waals surface area contributed by atoms with Crippen LogP contribution >= 0.6 is 0 Å². The number of rotatable bonds is 44. The van der Waals surface area contributed by atoms with Gasteiger partial charge in [-0.05, 0) is 44.9 Å². The maximum atomic E-state index is 13.0. The molecule has 0 aromatic rings. The smallest absolute Gasteiger partial charge is 0.220 e. The van der Waals surface area contributed by atoms with Crippen LogP contribution in [0.15, 0.2) is 36.5 Å². The number of hydrogen-bond acceptors (Lipinski definition) is 8. The first-order valence-corrected chi connectivity index (χ1v) is 26.2. The molecule has 1 fully saturated rings. The standard InChI is InChI=1S/C53H99NO8/c1-3-5-7-9-11-13-15-17-19-20-21-22-23-24-25-26-27-29-30-32-34-36-38-40-42-47(56)46(45-61-53-52(60)51(59)50(58)48(44-55)62-53)54-49(57)43-41-39-37-35-33-31-28-18-16-14-12-10-8-6-4-2/h12,14,16,18,40,42,46-48,50-53,55-56,58-60H,3-11,13,15,17,19-39,41,43-45H2,1-2H3,(H,54,57)/b14-12-,18-16-,42-40+. The number of carbonyl (C=O) groups is 1. The zero-order chi connectivity index (χ0) is 45.1. The van der Waals surface area contributed by atoms with E-state index in [9.17, 15) is 30.3 Å². The lowest BCUT2D eigenvalue weighted by atomic mass is 9.99. The number of amides is 1. The van der Waals surface area contributed by atoms with Crippen LogP contribution in [-0.2, 0) is 14.3 Å². The molecule has 0 aromatic carbocycles. The van der Waals surface area contributed by atoms with E-state index in [4.69, 9.17) is 9.47 Å². The fraction of sp³-hybridized carbons (Fsp3) is 0.868. The van der Waals surface area contributed by atoms with E-state index in [-0.39, 0.29) is 12.5 Å². The average Bonchev–Trinajstić information content (AvgIpc) is 3.27. The fourth-order valence-corrected chi connectivity index (χ4v) is 8.27. The Morgan fingerprint density at radius 1 is 0.548 bits per heavy atom. The second-order valence-electron chi connectivity index (χ2n) is 18.3. The summed E-state index contributed by atoms with van der Waals surface area (Å²) in [6.45, 7) is 3.75. The summed E-state index contributed by atoms with van der Waals surface area (Å²) < 4.78 is 11.2. The van der Waals surface area contributed by atoms with Gasteiger partial charge in [0.05, 0.1) is 25.4 Å². The van der Waals surface area contributed by atoms with Crippen LogP contribution in [0.25, 0.3) is 0 Å². The van der Waals surface area contributed by atoms with Crippen molar-refractivity contribution in [3.05, 3.63) is 36.5 Å². The summed E-state index contributed by atoms with van der Waals surface area (Å²) in [4.78, 5) is 13.0. The zero-order valence-corrected chi connectivity index (χ0v) is 40.1. The van der Waals surface area contributed by atoms with Crippen LogP contribution in [0.1, 0.15) is 239 Å². The molecule has 1 aliphatic heterocycles. The Hall–Kier alpha value is -1.59. The number of aliphatic hydroxyl groups is 5. The molecular formula is C53H99NO8. The van der Waals surface area contributed by atoms with Gasteiger partial charge in [0.15, 0.2) is 6.29 Å². The number of nitrogens with one attached hydrogen (secondary N) is 1. The highest BCUT2D eigenvalue weighted by molar-refractivity contribution is 5.76. The molecular weight excluding hydrogens is 779 g/mol. The average molecular weight is 878 g/mol. The van der Waals surface area contributed by atoms with Crippen molar-refractivity contribution < 1.29 is 39.8 Å². The van der Waals surface area contributed by atoms with Crippen molar-refractivity contribution in [2.24, 2.45) is 0 Å². The summed E-state index contributed by atoms with van der Waals surface area (Å²) in [5, 5.41) is 54.3. The van der Waals surface area contributed by atoms with Crippen molar-refractivity contribution in [3.63, 3.8) is 0 Å². The van der Waals surface area contributed by atoms with Gasteiger partial charge in [0, 0.05) is 6.42 Å². The van der Waals surface area contributed by atoms with Gasteiger partial charge in [-0.15, -0.1) is 0 Å². The van der Waals surface area contributed by atoms with Crippen molar-refractivity contribution in [2.75, 3.05) is 13.2 Å². The first-order chi connectivity index (χ1) is 30.3. The molecule has 0 aliphatic carbocycles. The van der Waals surface area contributed by atoms with Gasteiger partial charge < -0.3 is 40.3 Å². The van der Waals surface area contributed by atoms with Gasteiger partial charge in [0.1, 0.15) is 24.4 Å². The SMILES string of the molecule is CCCCC/C=C\C=C/CCCCCCCCC(=O)NC(COC1OC(CO)C(O)C(O)C1O)C(O)/C=C/CCCCCCCCCCCCCCCCCCCCCCCC. The number of ether oxygens (including phenoxy) is 2. The minimum absolute atomic E-state index is 0.188. The van der Waals surface area contributed by atoms with E-state index < -0.39 is 49.5 Å². The van der Waals surface area contributed by atoms with Gasteiger partial charge in [-0.1, -0.05) is 224 Å². The van der Waals surface area contributed by atoms with Crippen molar-refractivity contribution in [3.8, 4) is 0 Å². The van der Waals surface area contributed by atoms with E-state index in [1.807, 2.05) is 6.08 Å². The van der Waals surface area contributed by atoms with Gasteiger partial charge in [0.25, 0.3) is 0 Å². The molecule has 0 bridgehead atoms. The quantitative estimate of drug-likeness (QED) is 0.0201. The van der Waals surface area contributed by atoms with Crippen LogP contribution in [0.5, 0.6) is 0 Å². The van der Waals surface area contributed by atoms with E-state index >= 15 is 0 Å². The number of unbranched alkanes of at least 4 members (excludes halogenated alkanes) is 31. The van der Waals surface area contributed by atoms with Crippen LogP contribution in [0, 0.1) is 0 Å². The Kier molecular flexibility index (Phi) is 40.8. The molecule has 364 valence electrons. The minimum Gasteiger partial charge on any atom is -0.394 e. The van der Waals surface area contributed by atoms with E-state index in [2.05, 4.69) is 43.5 Å². The highest BCUT2D eigenvalue weighted by Crippen LogP contribution is 2.23. The second kappa shape index (κ2) is 43.3. The lowest BCUT2D eigenvalue weighted by Gasteiger charge is -2.40. The summed E-state index contributed by atoms with van der Waals surface area (Å²) in [6.07, 6.45) is 47.7. The molecule has 1 rings (SSSR count). The first kappa shape index (κ1) is 58.4. The highest BCUT2D eigenvalue weighted by Gasteiger charge is 2.44. The molecule has 9 nitrogen and oxygen atoms in total. The molecule has 0 aromatic heterocycles. The predicted molar refractivity (Wildman–Crippen MR) is 258 cm³/mol. The van der Waals surface area contributed by atoms with Crippen LogP contribution in [0.4, 0.5) is 0 Å². The molecule has 1 amide bonds. The second-order valence-corrected chi connectivity index (χ2v) is 18.3. The number of carbonyl (C=O) groups excluding carboxylic acids is 1. The van der Waals surface area contributed by atoms with Crippen LogP contribution in [0.3, 0.4) is 0 Å². The number of aliphatic hydroxyl groups excluding tert-OH is 5. The molecule has 1 saturated heterocycles. The van der Waals surface area contributed by atoms with Crippen molar-refractivity contribution >= 4 is 5.91 Å². The molecule has 7 unspecified atom stereocenters.